The van der Waals surface area contributed by atoms with Crippen molar-refractivity contribution in [2.24, 2.45) is 0 Å². The van der Waals surface area contributed by atoms with Gasteiger partial charge in [-0.25, -0.2) is 4.98 Å². The Labute approximate surface area is 105 Å². The van der Waals surface area contributed by atoms with Crippen molar-refractivity contribution in [1.29, 1.82) is 0 Å². The molecule has 1 saturated carbocycles. The van der Waals surface area contributed by atoms with Gasteiger partial charge in [-0.2, -0.15) is 0 Å². The largest absolute Gasteiger partial charge is 0.332 e. The maximum Gasteiger partial charge on any atom is 0.111 e. The standard InChI is InChI=1S/C14H25N3/c1-4-15-12-6-5-7-13(10-12)17-9-8-16-14(17)11(2)3/h8-9,11-13,15H,4-7,10H2,1-3H3. The predicted octanol–water partition coefficient (Wildman–Crippen LogP) is 3.10. The zero-order chi connectivity index (χ0) is 12.3. The Bertz CT molecular complexity index is 341. The third-order valence-corrected chi connectivity index (χ3v) is 3.75. The van der Waals surface area contributed by atoms with Crippen molar-refractivity contribution in [3.05, 3.63) is 18.2 Å². The normalized spacial score (nSPS) is 25.4. The van der Waals surface area contributed by atoms with Crippen molar-refractivity contribution in [3.8, 4) is 0 Å². The molecule has 0 spiro atoms. The second-order valence-electron chi connectivity index (χ2n) is 5.42. The van der Waals surface area contributed by atoms with Gasteiger partial charge >= 0.3 is 0 Å². The lowest BCUT2D eigenvalue weighted by molar-refractivity contribution is 0.281. The number of hydrogen-bond donors (Lipinski definition) is 1. The summed E-state index contributed by atoms with van der Waals surface area (Å²) in [5, 5.41) is 3.59. The van der Waals surface area contributed by atoms with Crippen molar-refractivity contribution in [1.82, 2.24) is 14.9 Å². The number of nitrogens with zero attached hydrogens (tertiary/aromatic N) is 2. The van der Waals surface area contributed by atoms with Crippen molar-refractivity contribution in [3.63, 3.8) is 0 Å². The third kappa shape index (κ3) is 2.89. The fourth-order valence-electron chi connectivity index (χ4n) is 2.97. The molecule has 0 aromatic carbocycles. The lowest BCUT2D eigenvalue weighted by Crippen LogP contribution is -2.35. The second kappa shape index (κ2) is 5.67. The summed E-state index contributed by atoms with van der Waals surface area (Å²) in [6.07, 6.45) is 9.33. The first-order valence-corrected chi connectivity index (χ1v) is 6.98. The molecule has 0 amide bonds. The SMILES string of the molecule is CCNC1CCCC(n2ccnc2C(C)C)C1. The molecule has 3 heteroatoms. The fourth-order valence-corrected chi connectivity index (χ4v) is 2.97. The molecule has 96 valence electrons. The minimum Gasteiger partial charge on any atom is -0.332 e. The van der Waals surface area contributed by atoms with Crippen LogP contribution in [0.15, 0.2) is 12.4 Å². The van der Waals surface area contributed by atoms with Crippen LogP contribution >= 0.6 is 0 Å². The van der Waals surface area contributed by atoms with Crippen LogP contribution in [0.5, 0.6) is 0 Å². The Morgan fingerprint density at radius 1 is 1.47 bits per heavy atom. The molecule has 2 atom stereocenters. The first-order valence-electron chi connectivity index (χ1n) is 6.98. The maximum atomic E-state index is 4.50. The topological polar surface area (TPSA) is 29.9 Å². The molecule has 1 aromatic heterocycles. The second-order valence-corrected chi connectivity index (χ2v) is 5.42. The summed E-state index contributed by atoms with van der Waals surface area (Å²) in [7, 11) is 0. The van der Waals surface area contributed by atoms with E-state index in [0.29, 0.717) is 18.0 Å². The van der Waals surface area contributed by atoms with Crippen LogP contribution in [0.4, 0.5) is 0 Å². The highest BCUT2D eigenvalue weighted by Gasteiger charge is 2.24. The first-order chi connectivity index (χ1) is 8.22. The van der Waals surface area contributed by atoms with E-state index in [9.17, 15) is 0 Å². The quantitative estimate of drug-likeness (QED) is 0.869. The number of imidazole rings is 1. The Hall–Kier alpha value is -0.830. The molecule has 17 heavy (non-hydrogen) atoms. The maximum absolute atomic E-state index is 4.50. The molecule has 2 rings (SSSR count). The van der Waals surface area contributed by atoms with Gasteiger partial charge in [0.25, 0.3) is 0 Å². The Morgan fingerprint density at radius 2 is 2.29 bits per heavy atom. The summed E-state index contributed by atoms with van der Waals surface area (Å²) in [6.45, 7) is 7.73. The van der Waals surface area contributed by atoms with Crippen LogP contribution in [0, 0.1) is 0 Å². The van der Waals surface area contributed by atoms with E-state index >= 15 is 0 Å². The van der Waals surface area contributed by atoms with E-state index in [1.165, 1.54) is 31.5 Å². The van der Waals surface area contributed by atoms with Crippen LogP contribution in [0.3, 0.4) is 0 Å². The molecule has 0 bridgehead atoms. The van der Waals surface area contributed by atoms with Crippen LogP contribution in [-0.2, 0) is 0 Å². The number of nitrogens with one attached hydrogen (secondary N) is 1. The van der Waals surface area contributed by atoms with E-state index in [-0.39, 0.29) is 0 Å². The van der Waals surface area contributed by atoms with Gasteiger partial charge in [0, 0.05) is 30.4 Å². The molecule has 0 aliphatic heterocycles. The van der Waals surface area contributed by atoms with E-state index in [1.807, 2.05) is 6.20 Å². The van der Waals surface area contributed by atoms with Crippen molar-refractivity contribution < 1.29 is 0 Å². The fraction of sp³-hybridized carbons (Fsp3) is 0.786. The van der Waals surface area contributed by atoms with Crippen molar-refractivity contribution in [2.75, 3.05) is 6.54 Å². The lowest BCUT2D eigenvalue weighted by Gasteiger charge is -2.31. The van der Waals surface area contributed by atoms with E-state index in [4.69, 9.17) is 0 Å². The van der Waals surface area contributed by atoms with Crippen LogP contribution in [0.25, 0.3) is 0 Å². The van der Waals surface area contributed by atoms with Crippen LogP contribution < -0.4 is 5.32 Å². The molecule has 1 N–H and O–H groups in total. The minimum absolute atomic E-state index is 0.518. The predicted molar refractivity (Wildman–Crippen MR) is 71.3 cm³/mol. The Morgan fingerprint density at radius 3 is 3.00 bits per heavy atom. The highest BCUT2D eigenvalue weighted by atomic mass is 15.1. The van der Waals surface area contributed by atoms with Gasteiger partial charge in [0.05, 0.1) is 0 Å². The third-order valence-electron chi connectivity index (χ3n) is 3.75. The molecular formula is C14H25N3. The highest BCUT2D eigenvalue weighted by molar-refractivity contribution is 5.01. The Kier molecular flexibility index (Phi) is 4.21. The van der Waals surface area contributed by atoms with E-state index in [2.05, 4.69) is 41.8 Å². The first kappa shape index (κ1) is 12.6. The molecule has 1 aliphatic rings. The van der Waals surface area contributed by atoms with Gasteiger partial charge in [0.1, 0.15) is 5.82 Å². The highest BCUT2D eigenvalue weighted by Crippen LogP contribution is 2.30. The van der Waals surface area contributed by atoms with E-state index < -0.39 is 0 Å². The van der Waals surface area contributed by atoms with Crippen LogP contribution in [0.1, 0.15) is 64.2 Å². The van der Waals surface area contributed by atoms with Gasteiger partial charge in [-0.05, 0) is 32.2 Å². The molecule has 2 unspecified atom stereocenters. The van der Waals surface area contributed by atoms with Gasteiger partial charge in [-0.15, -0.1) is 0 Å². The summed E-state index contributed by atoms with van der Waals surface area (Å²) in [4.78, 5) is 4.50. The zero-order valence-corrected chi connectivity index (χ0v) is 11.3. The molecule has 1 aliphatic carbocycles. The molecule has 1 fully saturated rings. The molecule has 1 aromatic rings. The van der Waals surface area contributed by atoms with Crippen LogP contribution in [0.2, 0.25) is 0 Å². The van der Waals surface area contributed by atoms with E-state index in [0.717, 1.165) is 6.54 Å². The average molecular weight is 235 g/mol. The number of rotatable bonds is 4. The summed E-state index contributed by atoms with van der Waals surface area (Å²) >= 11 is 0. The molecular weight excluding hydrogens is 210 g/mol. The lowest BCUT2D eigenvalue weighted by atomic mass is 9.90. The average Bonchev–Trinajstić information content (AvgIpc) is 2.79. The van der Waals surface area contributed by atoms with Crippen LogP contribution in [-0.4, -0.2) is 22.1 Å². The van der Waals surface area contributed by atoms with Crippen molar-refractivity contribution >= 4 is 0 Å². The Balaban J connectivity index is 2.08. The number of hydrogen-bond acceptors (Lipinski definition) is 2. The summed E-state index contributed by atoms with van der Waals surface area (Å²) in [6, 6.07) is 1.34. The monoisotopic (exact) mass is 235 g/mol. The minimum atomic E-state index is 0.518. The van der Waals surface area contributed by atoms with Gasteiger partial charge in [-0.3, -0.25) is 0 Å². The summed E-state index contributed by atoms with van der Waals surface area (Å²) < 4.78 is 2.41. The molecule has 3 nitrogen and oxygen atoms in total. The van der Waals surface area contributed by atoms with Gasteiger partial charge in [0.2, 0.25) is 0 Å². The van der Waals surface area contributed by atoms with E-state index in [1.54, 1.807) is 0 Å². The molecule has 0 radical (unpaired) electrons. The van der Waals surface area contributed by atoms with Gasteiger partial charge in [-0.1, -0.05) is 20.8 Å². The number of aromatic nitrogens is 2. The molecule has 1 heterocycles. The van der Waals surface area contributed by atoms with Gasteiger partial charge in [0.15, 0.2) is 0 Å². The zero-order valence-electron chi connectivity index (χ0n) is 11.3. The van der Waals surface area contributed by atoms with Gasteiger partial charge < -0.3 is 9.88 Å². The summed E-state index contributed by atoms with van der Waals surface area (Å²) in [5.74, 6) is 1.76. The molecule has 0 saturated heterocycles. The van der Waals surface area contributed by atoms with Crippen molar-refractivity contribution in [2.45, 2.75) is 64.5 Å². The smallest absolute Gasteiger partial charge is 0.111 e. The summed E-state index contributed by atoms with van der Waals surface area (Å²) in [5.41, 5.74) is 0.